The van der Waals surface area contributed by atoms with E-state index in [-0.39, 0.29) is 13.1 Å². The lowest BCUT2D eigenvalue weighted by Crippen LogP contribution is -2.31. The molecule has 0 amide bonds. The van der Waals surface area contributed by atoms with Gasteiger partial charge in [0.25, 0.3) is 0 Å². The SMILES string of the molecule is CC(C)C(=O)CNCCOCCN(C)C(C)C.[HH]. The molecule has 0 saturated carbocycles. The van der Waals surface area contributed by atoms with E-state index >= 15 is 0 Å². The second-order valence-electron chi connectivity index (χ2n) is 4.98. The Balaban J connectivity index is 0. The highest BCUT2D eigenvalue weighted by Crippen LogP contribution is 1.93. The standard InChI is InChI=1S/C13H28N2O2.H2/c1-11(2)13(16)10-14-6-8-17-9-7-15(5)12(3)4;/h11-12,14H,6-10H2,1-5H3;1H. The maximum Gasteiger partial charge on any atom is 0.149 e. The Morgan fingerprint density at radius 1 is 1.29 bits per heavy atom. The number of Topliss-reactive ketones (excluding diaryl/α,β-unsaturated/α-hetero) is 1. The highest BCUT2D eigenvalue weighted by molar-refractivity contribution is 5.82. The third-order valence-corrected chi connectivity index (χ3v) is 2.84. The summed E-state index contributed by atoms with van der Waals surface area (Å²) in [5.41, 5.74) is 0. The average molecular weight is 246 g/mol. The molecule has 0 heterocycles. The van der Waals surface area contributed by atoms with Crippen molar-refractivity contribution in [3.05, 3.63) is 0 Å². The van der Waals surface area contributed by atoms with E-state index in [2.05, 4.69) is 31.1 Å². The lowest BCUT2D eigenvalue weighted by Gasteiger charge is -2.20. The van der Waals surface area contributed by atoms with Gasteiger partial charge >= 0.3 is 0 Å². The van der Waals surface area contributed by atoms with Gasteiger partial charge in [-0.25, -0.2) is 0 Å². The molecule has 4 nitrogen and oxygen atoms in total. The van der Waals surface area contributed by atoms with Gasteiger partial charge in [-0.2, -0.15) is 0 Å². The fourth-order valence-electron chi connectivity index (χ4n) is 1.13. The topological polar surface area (TPSA) is 41.6 Å². The minimum absolute atomic E-state index is 0. The normalized spacial score (nSPS) is 11.8. The zero-order valence-corrected chi connectivity index (χ0v) is 12.0. The zero-order chi connectivity index (χ0) is 13.3. The molecular weight excluding hydrogens is 216 g/mol. The van der Waals surface area contributed by atoms with E-state index in [1.165, 1.54) is 0 Å². The maximum absolute atomic E-state index is 11.3. The zero-order valence-electron chi connectivity index (χ0n) is 12.0. The van der Waals surface area contributed by atoms with Crippen LogP contribution in [-0.4, -0.2) is 56.6 Å². The molecule has 0 atom stereocenters. The van der Waals surface area contributed by atoms with Crippen molar-refractivity contribution in [3.8, 4) is 0 Å². The maximum atomic E-state index is 11.3. The van der Waals surface area contributed by atoms with Crippen molar-refractivity contribution in [3.63, 3.8) is 0 Å². The lowest BCUT2D eigenvalue weighted by atomic mass is 10.1. The predicted octanol–water partition coefficient (Wildman–Crippen LogP) is 1.40. The molecule has 0 bridgehead atoms. The summed E-state index contributed by atoms with van der Waals surface area (Å²) in [7, 11) is 2.09. The van der Waals surface area contributed by atoms with Crippen molar-refractivity contribution in [2.75, 3.05) is 39.9 Å². The molecule has 0 saturated heterocycles. The van der Waals surface area contributed by atoms with Crippen LogP contribution in [0, 0.1) is 5.92 Å². The molecule has 0 radical (unpaired) electrons. The number of nitrogens with zero attached hydrogens (tertiary/aromatic N) is 1. The summed E-state index contributed by atoms with van der Waals surface area (Å²) in [5, 5.41) is 3.09. The van der Waals surface area contributed by atoms with Crippen LogP contribution in [-0.2, 0) is 9.53 Å². The molecule has 104 valence electrons. The molecule has 0 aromatic carbocycles. The number of carbonyl (C=O) groups is 1. The third-order valence-electron chi connectivity index (χ3n) is 2.84. The van der Waals surface area contributed by atoms with Crippen LogP contribution in [0.3, 0.4) is 0 Å². The van der Waals surface area contributed by atoms with Crippen LogP contribution in [0.25, 0.3) is 0 Å². The smallest absolute Gasteiger partial charge is 0.149 e. The highest BCUT2D eigenvalue weighted by Gasteiger charge is 2.05. The van der Waals surface area contributed by atoms with Crippen molar-refractivity contribution in [2.45, 2.75) is 33.7 Å². The molecule has 0 fully saturated rings. The first-order chi connectivity index (χ1) is 7.95. The Kier molecular flexibility index (Phi) is 9.31. The van der Waals surface area contributed by atoms with Crippen LogP contribution < -0.4 is 5.32 Å². The first kappa shape index (κ1) is 16.6. The molecule has 4 heteroatoms. The first-order valence-electron chi connectivity index (χ1n) is 6.46. The molecule has 0 aliphatic heterocycles. The Bertz CT molecular complexity index is 211. The van der Waals surface area contributed by atoms with E-state index in [4.69, 9.17) is 4.74 Å². The second kappa shape index (κ2) is 9.57. The summed E-state index contributed by atoms with van der Waals surface area (Å²) in [4.78, 5) is 13.5. The average Bonchev–Trinajstić information content (AvgIpc) is 2.26. The number of ether oxygens (including phenoxy) is 1. The molecule has 0 rings (SSSR count). The van der Waals surface area contributed by atoms with Crippen LogP contribution in [0.2, 0.25) is 0 Å². The van der Waals surface area contributed by atoms with Crippen molar-refractivity contribution in [1.29, 1.82) is 0 Å². The quantitative estimate of drug-likeness (QED) is 0.592. The van der Waals surface area contributed by atoms with E-state index in [1.807, 2.05) is 13.8 Å². The van der Waals surface area contributed by atoms with E-state index in [1.54, 1.807) is 0 Å². The summed E-state index contributed by atoms with van der Waals surface area (Å²) >= 11 is 0. The predicted molar refractivity (Wildman–Crippen MR) is 73.4 cm³/mol. The van der Waals surface area contributed by atoms with Crippen LogP contribution in [0.15, 0.2) is 0 Å². The number of hydrogen-bond acceptors (Lipinski definition) is 4. The molecule has 0 aliphatic rings. The Labute approximate surface area is 107 Å². The Morgan fingerprint density at radius 3 is 2.47 bits per heavy atom. The molecule has 0 unspecified atom stereocenters. The van der Waals surface area contributed by atoms with Crippen LogP contribution >= 0.6 is 0 Å². The number of likely N-dealkylation sites (N-methyl/N-ethyl adjacent to an activating group) is 1. The molecule has 0 spiro atoms. The van der Waals surface area contributed by atoms with Gasteiger partial charge in [-0.1, -0.05) is 13.8 Å². The minimum atomic E-state index is 0. The summed E-state index contributed by atoms with van der Waals surface area (Å²) in [6, 6.07) is 0.556. The molecular formula is C13H30N2O2. The van der Waals surface area contributed by atoms with Crippen molar-refractivity contribution < 1.29 is 11.0 Å². The van der Waals surface area contributed by atoms with Crippen molar-refractivity contribution >= 4 is 5.78 Å². The van der Waals surface area contributed by atoms with Gasteiger partial charge in [0.1, 0.15) is 5.78 Å². The summed E-state index contributed by atoms with van der Waals surface area (Å²) < 4.78 is 5.48. The van der Waals surface area contributed by atoms with Gasteiger partial charge in [-0.05, 0) is 20.9 Å². The van der Waals surface area contributed by atoms with E-state index in [0.717, 1.165) is 19.7 Å². The van der Waals surface area contributed by atoms with Gasteiger partial charge in [0, 0.05) is 26.5 Å². The first-order valence-corrected chi connectivity index (χ1v) is 6.46. The minimum Gasteiger partial charge on any atom is -0.379 e. The molecule has 0 aliphatic carbocycles. The van der Waals surface area contributed by atoms with E-state index < -0.39 is 0 Å². The van der Waals surface area contributed by atoms with Gasteiger partial charge < -0.3 is 15.0 Å². The number of nitrogens with one attached hydrogen (secondary N) is 1. The lowest BCUT2D eigenvalue weighted by molar-refractivity contribution is -0.121. The Morgan fingerprint density at radius 2 is 1.94 bits per heavy atom. The van der Waals surface area contributed by atoms with Gasteiger partial charge in [0.05, 0.1) is 19.8 Å². The molecule has 0 aromatic heterocycles. The summed E-state index contributed by atoms with van der Waals surface area (Å²) in [6.07, 6.45) is 0. The summed E-state index contributed by atoms with van der Waals surface area (Å²) in [6.45, 7) is 11.7. The number of hydrogen-bond donors (Lipinski definition) is 1. The number of ketones is 1. The third kappa shape index (κ3) is 9.27. The van der Waals surface area contributed by atoms with Crippen LogP contribution in [0.4, 0.5) is 0 Å². The Hall–Kier alpha value is -0.450. The largest absolute Gasteiger partial charge is 0.379 e. The number of carbonyl (C=O) groups excluding carboxylic acids is 1. The van der Waals surface area contributed by atoms with Crippen molar-refractivity contribution in [1.82, 2.24) is 10.2 Å². The van der Waals surface area contributed by atoms with Crippen LogP contribution in [0.5, 0.6) is 0 Å². The fourth-order valence-corrected chi connectivity index (χ4v) is 1.13. The number of rotatable bonds is 10. The van der Waals surface area contributed by atoms with Gasteiger partial charge in [0.2, 0.25) is 0 Å². The summed E-state index contributed by atoms with van der Waals surface area (Å²) in [5.74, 6) is 0.368. The molecule has 1 N–H and O–H groups in total. The van der Waals surface area contributed by atoms with Crippen molar-refractivity contribution in [2.24, 2.45) is 5.92 Å². The second-order valence-corrected chi connectivity index (χ2v) is 4.98. The van der Waals surface area contributed by atoms with Gasteiger partial charge in [-0.3, -0.25) is 4.79 Å². The molecule has 17 heavy (non-hydrogen) atoms. The van der Waals surface area contributed by atoms with Gasteiger partial charge in [0.15, 0.2) is 0 Å². The highest BCUT2D eigenvalue weighted by atomic mass is 16.5. The van der Waals surface area contributed by atoms with Crippen LogP contribution in [0.1, 0.15) is 29.1 Å². The van der Waals surface area contributed by atoms with E-state index in [0.29, 0.717) is 19.2 Å². The monoisotopic (exact) mass is 246 g/mol. The van der Waals surface area contributed by atoms with E-state index in [9.17, 15) is 4.79 Å². The fraction of sp³-hybridized carbons (Fsp3) is 0.923. The van der Waals surface area contributed by atoms with Gasteiger partial charge in [-0.15, -0.1) is 0 Å². The molecule has 0 aromatic rings.